The highest BCUT2D eigenvalue weighted by molar-refractivity contribution is 7.93. The molecule has 0 aromatic heterocycles. The van der Waals surface area contributed by atoms with Crippen LogP contribution in [0.1, 0.15) is 0 Å². The Kier molecular flexibility index (Phi) is 4.09. The quantitative estimate of drug-likeness (QED) is 0.618. The van der Waals surface area contributed by atoms with Crippen molar-refractivity contribution in [2.75, 3.05) is 10.5 Å². The minimum absolute atomic E-state index is 0.132. The number of nitro groups is 1. The number of anilines is 1. The maximum atomic E-state index is 11.3. The van der Waals surface area contributed by atoms with Gasteiger partial charge in [0.1, 0.15) is 5.02 Å². The molecular formula is C8H7ClN2O6S. The van der Waals surface area contributed by atoms with Crippen LogP contribution in [0.5, 0.6) is 0 Å². The monoisotopic (exact) mass is 294 g/mol. The molecule has 0 unspecified atom stereocenters. The SMILES string of the molecule is O=C(O)CS(=O)(=O)Nc1ccc(Cl)c([N+](=O)[O-])c1. The fraction of sp³-hybridized carbons (Fsp3) is 0.125. The molecule has 0 saturated carbocycles. The Hall–Kier alpha value is -1.87. The fourth-order valence-electron chi connectivity index (χ4n) is 1.09. The van der Waals surface area contributed by atoms with Gasteiger partial charge in [0.05, 0.1) is 10.6 Å². The van der Waals surface area contributed by atoms with Crippen molar-refractivity contribution in [1.82, 2.24) is 0 Å². The van der Waals surface area contributed by atoms with Crippen LogP contribution in [0, 0.1) is 10.1 Å². The van der Waals surface area contributed by atoms with Crippen LogP contribution in [0.15, 0.2) is 18.2 Å². The third kappa shape index (κ3) is 3.86. The van der Waals surface area contributed by atoms with Gasteiger partial charge in [-0.2, -0.15) is 0 Å². The van der Waals surface area contributed by atoms with Gasteiger partial charge in [-0.1, -0.05) is 11.6 Å². The highest BCUT2D eigenvalue weighted by Crippen LogP contribution is 2.27. The lowest BCUT2D eigenvalue weighted by atomic mass is 10.3. The van der Waals surface area contributed by atoms with E-state index in [1.165, 1.54) is 6.07 Å². The molecule has 1 aromatic carbocycles. The molecule has 0 spiro atoms. The molecule has 98 valence electrons. The number of nitrogens with zero attached hydrogens (tertiary/aromatic N) is 1. The van der Waals surface area contributed by atoms with Crippen molar-refractivity contribution in [2.45, 2.75) is 0 Å². The first-order valence-electron chi connectivity index (χ1n) is 4.37. The third-order valence-electron chi connectivity index (χ3n) is 1.73. The van der Waals surface area contributed by atoms with E-state index in [1.54, 1.807) is 0 Å². The third-order valence-corrected chi connectivity index (χ3v) is 3.22. The summed E-state index contributed by atoms with van der Waals surface area (Å²) in [7, 11) is -4.10. The van der Waals surface area contributed by atoms with Gasteiger partial charge in [0.15, 0.2) is 5.75 Å². The lowest BCUT2D eigenvalue weighted by Gasteiger charge is -2.06. The summed E-state index contributed by atoms with van der Waals surface area (Å²) in [6, 6.07) is 3.23. The normalized spacial score (nSPS) is 10.9. The minimum Gasteiger partial charge on any atom is -0.480 e. The van der Waals surface area contributed by atoms with E-state index in [2.05, 4.69) is 0 Å². The average Bonchev–Trinajstić information content (AvgIpc) is 2.18. The Morgan fingerprint density at radius 1 is 1.50 bits per heavy atom. The van der Waals surface area contributed by atoms with Crippen LogP contribution < -0.4 is 4.72 Å². The van der Waals surface area contributed by atoms with Crippen molar-refractivity contribution in [3.05, 3.63) is 33.3 Å². The maximum absolute atomic E-state index is 11.3. The molecule has 0 fully saturated rings. The molecule has 18 heavy (non-hydrogen) atoms. The number of carboxylic acid groups (broad SMARTS) is 1. The Morgan fingerprint density at radius 2 is 2.11 bits per heavy atom. The number of rotatable bonds is 5. The van der Waals surface area contributed by atoms with Gasteiger partial charge < -0.3 is 5.11 Å². The van der Waals surface area contributed by atoms with Crippen LogP contribution in [-0.2, 0) is 14.8 Å². The molecule has 0 aliphatic heterocycles. The van der Waals surface area contributed by atoms with Crippen LogP contribution in [0.25, 0.3) is 0 Å². The van der Waals surface area contributed by atoms with Crippen molar-refractivity contribution in [1.29, 1.82) is 0 Å². The van der Waals surface area contributed by atoms with E-state index in [-0.39, 0.29) is 10.7 Å². The predicted molar refractivity (Wildman–Crippen MR) is 63.2 cm³/mol. The molecule has 0 atom stereocenters. The lowest BCUT2D eigenvalue weighted by Crippen LogP contribution is -2.22. The Balaban J connectivity index is 3.03. The van der Waals surface area contributed by atoms with Crippen molar-refractivity contribution in [2.24, 2.45) is 0 Å². The van der Waals surface area contributed by atoms with Crippen molar-refractivity contribution in [3.8, 4) is 0 Å². The zero-order valence-corrected chi connectivity index (χ0v) is 10.2. The van der Waals surface area contributed by atoms with E-state index in [1.807, 2.05) is 4.72 Å². The molecule has 0 saturated heterocycles. The molecule has 8 nitrogen and oxygen atoms in total. The van der Waals surface area contributed by atoms with E-state index in [0.717, 1.165) is 12.1 Å². The molecule has 1 rings (SSSR count). The van der Waals surface area contributed by atoms with E-state index in [4.69, 9.17) is 16.7 Å². The van der Waals surface area contributed by atoms with E-state index in [0.29, 0.717) is 0 Å². The number of halogens is 1. The van der Waals surface area contributed by atoms with Gasteiger partial charge in [0.25, 0.3) is 5.69 Å². The number of sulfonamides is 1. The zero-order chi connectivity index (χ0) is 13.9. The second-order valence-corrected chi connectivity index (χ2v) is 5.31. The second-order valence-electron chi connectivity index (χ2n) is 3.18. The fourth-order valence-corrected chi connectivity index (χ4v) is 2.16. The summed E-state index contributed by atoms with van der Waals surface area (Å²) >= 11 is 5.53. The summed E-state index contributed by atoms with van der Waals surface area (Å²) in [6.07, 6.45) is 0. The first-order chi connectivity index (χ1) is 8.21. The van der Waals surface area contributed by atoms with Gasteiger partial charge in [-0.3, -0.25) is 19.6 Å². The standard InChI is InChI=1S/C8H7ClN2O6S/c9-6-2-1-5(3-7(6)11(14)15)10-18(16,17)4-8(12)13/h1-3,10H,4H2,(H,12,13). The minimum atomic E-state index is -4.10. The van der Waals surface area contributed by atoms with E-state index < -0.39 is 32.4 Å². The largest absolute Gasteiger partial charge is 0.480 e. The average molecular weight is 295 g/mol. The number of carbonyl (C=O) groups is 1. The highest BCUT2D eigenvalue weighted by atomic mass is 35.5. The molecule has 0 radical (unpaired) electrons. The molecule has 2 N–H and O–H groups in total. The summed E-state index contributed by atoms with van der Waals surface area (Å²) in [4.78, 5) is 20.1. The molecule has 10 heteroatoms. The number of hydrogen-bond donors (Lipinski definition) is 2. The van der Waals surface area contributed by atoms with Gasteiger partial charge in [-0.05, 0) is 12.1 Å². The van der Waals surface area contributed by atoms with Crippen LogP contribution in [0.3, 0.4) is 0 Å². The molecule has 0 amide bonds. The Morgan fingerprint density at radius 3 is 2.61 bits per heavy atom. The Bertz CT molecular complexity index is 600. The second kappa shape index (κ2) is 5.19. The molecular weight excluding hydrogens is 288 g/mol. The molecule has 0 aliphatic rings. The summed E-state index contributed by atoms with van der Waals surface area (Å²) < 4.78 is 24.5. The van der Waals surface area contributed by atoms with E-state index >= 15 is 0 Å². The van der Waals surface area contributed by atoms with E-state index in [9.17, 15) is 23.3 Å². The van der Waals surface area contributed by atoms with Crippen molar-refractivity contribution >= 4 is 39.0 Å². The summed E-state index contributed by atoms with van der Waals surface area (Å²) in [6.45, 7) is 0. The lowest BCUT2D eigenvalue weighted by molar-refractivity contribution is -0.384. The maximum Gasteiger partial charge on any atom is 0.320 e. The van der Waals surface area contributed by atoms with Gasteiger partial charge in [-0.15, -0.1) is 0 Å². The Labute approximate surface area is 106 Å². The summed E-state index contributed by atoms with van der Waals surface area (Å²) in [5, 5.41) is 18.8. The van der Waals surface area contributed by atoms with Gasteiger partial charge in [0, 0.05) is 6.07 Å². The first-order valence-corrected chi connectivity index (χ1v) is 6.40. The molecule has 0 heterocycles. The first kappa shape index (κ1) is 14.2. The van der Waals surface area contributed by atoms with Crippen molar-refractivity contribution < 1.29 is 23.2 Å². The highest BCUT2D eigenvalue weighted by Gasteiger charge is 2.18. The summed E-state index contributed by atoms with van der Waals surface area (Å²) in [5.74, 6) is -2.67. The van der Waals surface area contributed by atoms with Gasteiger partial charge >= 0.3 is 5.97 Å². The van der Waals surface area contributed by atoms with Gasteiger partial charge in [-0.25, -0.2) is 8.42 Å². The predicted octanol–water partition coefficient (Wildman–Crippen LogP) is 1.07. The van der Waals surface area contributed by atoms with Crippen LogP contribution in [0.2, 0.25) is 5.02 Å². The van der Waals surface area contributed by atoms with Crippen LogP contribution in [-0.4, -0.2) is 30.2 Å². The number of benzene rings is 1. The smallest absolute Gasteiger partial charge is 0.320 e. The van der Waals surface area contributed by atoms with Gasteiger partial charge in [0.2, 0.25) is 10.0 Å². The summed E-state index contributed by atoms with van der Waals surface area (Å²) in [5.41, 5.74) is -0.612. The number of nitro benzene ring substituents is 1. The number of hydrogen-bond acceptors (Lipinski definition) is 5. The van der Waals surface area contributed by atoms with Crippen molar-refractivity contribution in [3.63, 3.8) is 0 Å². The molecule has 0 bridgehead atoms. The number of carboxylic acids is 1. The number of nitrogens with one attached hydrogen (secondary N) is 1. The molecule has 0 aliphatic carbocycles. The zero-order valence-electron chi connectivity index (χ0n) is 8.66. The topological polar surface area (TPSA) is 127 Å². The van der Waals surface area contributed by atoms with Crippen LogP contribution in [0.4, 0.5) is 11.4 Å². The number of aliphatic carboxylic acids is 1. The van der Waals surface area contributed by atoms with Crippen LogP contribution >= 0.6 is 11.6 Å². The molecule has 1 aromatic rings.